The van der Waals surface area contributed by atoms with Gasteiger partial charge in [-0.1, -0.05) is 11.6 Å². The first-order chi connectivity index (χ1) is 11.4. The molecule has 0 aliphatic carbocycles. The van der Waals surface area contributed by atoms with E-state index >= 15 is 0 Å². The number of carbonyl (C=O) groups excluding carboxylic acids is 2. The van der Waals surface area contributed by atoms with Gasteiger partial charge in [0.1, 0.15) is 5.75 Å². The minimum absolute atomic E-state index is 0.275. The maximum Gasteiger partial charge on any atom is 0.340 e. The number of methoxy groups -OCH3 is 1. The lowest BCUT2D eigenvalue weighted by Gasteiger charge is -2.16. The van der Waals surface area contributed by atoms with Crippen LogP contribution in [-0.2, 0) is 9.53 Å². The molecule has 0 radical (unpaired) electrons. The first-order valence-corrected chi connectivity index (χ1v) is 7.56. The number of aryl methyl sites for hydroxylation is 1. The predicted octanol–water partition coefficient (Wildman–Crippen LogP) is 3.24. The van der Waals surface area contributed by atoms with E-state index in [2.05, 4.69) is 10.3 Å². The summed E-state index contributed by atoms with van der Waals surface area (Å²) < 4.78 is 10.3. The molecule has 1 heterocycles. The maximum absolute atomic E-state index is 12.3. The van der Waals surface area contributed by atoms with Gasteiger partial charge in [-0.15, -0.1) is 0 Å². The fourth-order valence-corrected chi connectivity index (χ4v) is 2.08. The van der Waals surface area contributed by atoms with Crippen LogP contribution in [0.3, 0.4) is 0 Å². The topological polar surface area (TPSA) is 77.5 Å². The molecule has 0 bridgehead atoms. The van der Waals surface area contributed by atoms with Crippen molar-refractivity contribution in [3.8, 4) is 5.75 Å². The normalized spacial score (nSPS) is 11.5. The summed E-state index contributed by atoms with van der Waals surface area (Å²) in [6.45, 7) is 3.29. The molecule has 0 saturated heterocycles. The second-order valence-corrected chi connectivity index (χ2v) is 5.49. The summed E-state index contributed by atoms with van der Waals surface area (Å²) in [5.41, 5.74) is 1.51. The smallest absolute Gasteiger partial charge is 0.340 e. The second-order valence-electron chi connectivity index (χ2n) is 5.08. The number of halogens is 1. The van der Waals surface area contributed by atoms with E-state index in [0.717, 1.165) is 5.56 Å². The predicted molar refractivity (Wildman–Crippen MR) is 90.5 cm³/mol. The van der Waals surface area contributed by atoms with E-state index in [9.17, 15) is 9.59 Å². The summed E-state index contributed by atoms with van der Waals surface area (Å²) >= 11 is 6.03. The summed E-state index contributed by atoms with van der Waals surface area (Å²) in [5, 5.41) is 3.20. The van der Waals surface area contributed by atoms with Crippen molar-refractivity contribution >= 4 is 29.2 Å². The molecule has 1 aromatic heterocycles. The molecule has 1 aromatic carbocycles. The van der Waals surface area contributed by atoms with Gasteiger partial charge in [-0.05, 0) is 37.6 Å². The number of rotatable bonds is 5. The Morgan fingerprint density at radius 1 is 1.33 bits per heavy atom. The van der Waals surface area contributed by atoms with Crippen LogP contribution in [0.2, 0.25) is 5.02 Å². The van der Waals surface area contributed by atoms with E-state index in [1.807, 2.05) is 6.92 Å². The van der Waals surface area contributed by atoms with E-state index in [-0.39, 0.29) is 5.56 Å². The molecule has 6 nitrogen and oxygen atoms in total. The van der Waals surface area contributed by atoms with E-state index in [1.165, 1.54) is 20.2 Å². The number of pyridine rings is 1. The van der Waals surface area contributed by atoms with Crippen molar-refractivity contribution in [3.05, 3.63) is 52.8 Å². The van der Waals surface area contributed by atoms with Gasteiger partial charge in [-0.2, -0.15) is 0 Å². The van der Waals surface area contributed by atoms with Gasteiger partial charge in [0.25, 0.3) is 5.91 Å². The molecule has 0 unspecified atom stereocenters. The molecule has 7 heteroatoms. The third-order valence-electron chi connectivity index (χ3n) is 3.29. The van der Waals surface area contributed by atoms with Gasteiger partial charge >= 0.3 is 5.97 Å². The van der Waals surface area contributed by atoms with Gasteiger partial charge < -0.3 is 14.8 Å². The number of nitrogens with zero attached hydrogens (tertiary/aromatic N) is 1. The highest BCUT2D eigenvalue weighted by Gasteiger charge is 2.20. The van der Waals surface area contributed by atoms with Crippen LogP contribution in [0, 0.1) is 6.92 Å². The Morgan fingerprint density at radius 2 is 2.08 bits per heavy atom. The number of aromatic nitrogens is 1. The van der Waals surface area contributed by atoms with Crippen LogP contribution in [0.5, 0.6) is 5.75 Å². The Bertz CT molecular complexity index is 750. The maximum atomic E-state index is 12.3. The molecule has 0 aliphatic heterocycles. The monoisotopic (exact) mass is 348 g/mol. The van der Waals surface area contributed by atoms with Crippen molar-refractivity contribution in [1.29, 1.82) is 0 Å². The molecule has 0 saturated carbocycles. The van der Waals surface area contributed by atoms with Gasteiger partial charge in [0.05, 0.1) is 18.4 Å². The largest absolute Gasteiger partial charge is 0.495 e. The van der Waals surface area contributed by atoms with Crippen molar-refractivity contribution in [2.45, 2.75) is 20.0 Å². The summed E-state index contributed by atoms with van der Waals surface area (Å²) in [7, 11) is 1.47. The molecular weight excluding hydrogens is 332 g/mol. The van der Waals surface area contributed by atoms with Gasteiger partial charge in [0, 0.05) is 23.5 Å². The highest BCUT2D eigenvalue weighted by Crippen LogP contribution is 2.31. The molecule has 1 atom stereocenters. The number of amides is 1. The first kappa shape index (κ1) is 17.7. The Labute approximate surface area is 144 Å². The standard InChI is InChI=1S/C17H17ClN2O4/c1-10-7-14(15(23-3)8-13(10)18)20-16(21)11(2)24-17(22)12-5-4-6-19-9-12/h4-9,11H,1-3H3,(H,20,21)/t11-/m1/s1. The first-order valence-electron chi connectivity index (χ1n) is 7.18. The summed E-state index contributed by atoms with van der Waals surface area (Å²) in [6, 6.07) is 6.47. The van der Waals surface area contributed by atoms with E-state index in [0.29, 0.717) is 16.5 Å². The summed E-state index contributed by atoms with van der Waals surface area (Å²) in [6.07, 6.45) is 1.93. The number of hydrogen-bond donors (Lipinski definition) is 1. The van der Waals surface area contributed by atoms with Crippen LogP contribution in [0.4, 0.5) is 5.69 Å². The van der Waals surface area contributed by atoms with Crippen LogP contribution in [0.15, 0.2) is 36.7 Å². The molecule has 24 heavy (non-hydrogen) atoms. The van der Waals surface area contributed by atoms with Crippen LogP contribution in [-0.4, -0.2) is 30.1 Å². The average Bonchev–Trinajstić information content (AvgIpc) is 2.58. The number of esters is 1. The zero-order valence-corrected chi connectivity index (χ0v) is 14.3. The Hall–Kier alpha value is -2.60. The molecular formula is C17H17ClN2O4. The number of anilines is 1. The molecule has 0 aliphatic rings. The summed E-state index contributed by atoms with van der Waals surface area (Å²) in [4.78, 5) is 28.0. The number of benzene rings is 1. The van der Waals surface area contributed by atoms with E-state index in [1.54, 1.807) is 30.5 Å². The zero-order valence-electron chi connectivity index (χ0n) is 13.5. The average molecular weight is 349 g/mol. The highest BCUT2D eigenvalue weighted by atomic mass is 35.5. The SMILES string of the molecule is COc1cc(Cl)c(C)cc1NC(=O)[C@@H](C)OC(=O)c1cccnc1. The summed E-state index contributed by atoms with van der Waals surface area (Å²) in [5.74, 6) is -0.679. The molecule has 0 spiro atoms. The quantitative estimate of drug-likeness (QED) is 0.839. The number of ether oxygens (including phenoxy) is 2. The highest BCUT2D eigenvalue weighted by molar-refractivity contribution is 6.31. The Morgan fingerprint density at radius 3 is 2.71 bits per heavy atom. The van der Waals surface area contributed by atoms with Crippen LogP contribution in [0.1, 0.15) is 22.8 Å². The van der Waals surface area contributed by atoms with Crippen molar-refractivity contribution in [1.82, 2.24) is 4.98 Å². The number of hydrogen-bond acceptors (Lipinski definition) is 5. The Kier molecular flexibility index (Phi) is 5.76. The third-order valence-corrected chi connectivity index (χ3v) is 3.70. The van der Waals surface area contributed by atoms with E-state index in [4.69, 9.17) is 21.1 Å². The molecule has 0 fully saturated rings. The molecule has 2 aromatic rings. The van der Waals surface area contributed by atoms with Crippen molar-refractivity contribution < 1.29 is 19.1 Å². The third kappa shape index (κ3) is 4.23. The van der Waals surface area contributed by atoms with Crippen molar-refractivity contribution in [2.75, 3.05) is 12.4 Å². The number of nitrogens with one attached hydrogen (secondary N) is 1. The van der Waals surface area contributed by atoms with Gasteiger partial charge in [0.2, 0.25) is 0 Å². The minimum Gasteiger partial charge on any atom is -0.495 e. The lowest BCUT2D eigenvalue weighted by Crippen LogP contribution is -2.30. The van der Waals surface area contributed by atoms with Crippen molar-refractivity contribution in [3.63, 3.8) is 0 Å². The fraction of sp³-hybridized carbons (Fsp3) is 0.235. The van der Waals surface area contributed by atoms with Crippen LogP contribution in [0.25, 0.3) is 0 Å². The van der Waals surface area contributed by atoms with Crippen molar-refractivity contribution in [2.24, 2.45) is 0 Å². The molecule has 1 amide bonds. The number of carbonyl (C=O) groups is 2. The molecule has 2 rings (SSSR count). The second kappa shape index (κ2) is 7.79. The Balaban J connectivity index is 2.07. The van der Waals surface area contributed by atoms with Crippen LogP contribution < -0.4 is 10.1 Å². The minimum atomic E-state index is -0.988. The van der Waals surface area contributed by atoms with Gasteiger partial charge in [0.15, 0.2) is 6.10 Å². The van der Waals surface area contributed by atoms with E-state index < -0.39 is 18.0 Å². The lowest BCUT2D eigenvalue weighted by atomic mass is 10.2. The fourth-order valence-electron chi connectivity index (χ4n) is 1.93. The zero-order chi connectivity index (χ0) is 17.7. The van der Waals surface area contributed by atoms with Gasteiger partial charge in [-0.3, -0.25) is 9.78 Å². The molecule has 1 N–H and O–H groups in total. The van der Waals surface area contributed by atoms with Crippen LogP contribution >= 0.6 is 11.6 Å². The lowest BCUT2D eigenvalue weighted by molar-refractivity contribution is -0.123. The van der Waals surface area contributed by atoms with Gasteiger partial charge in [-0.25, -0.2) is 4.79 Å². The molecule has 126 valence electrons.